The van der Waals surface area contributed by atoms with Gasteiger partial charge in [-0.25, -0.2) is 9.59 Å². The SMILES string of the molecule is CC1=C2C(=O)OC(=O)C2=Cc2c(Cl)cccc2C1. The molecular weight excluding hydrogens is 252 g/mol. The van der Waals surface area contributed by atoms with E-state index in [0.717, 1.165) is 16.7 Å². The predicted molar refractivity (Wildman–Crippen MR) is 66.9 cm³/mol. The van der Waals surface area contributed by atoms with Gasteiger partial charge in [-0.1, -0.05) is 29.3 Å². The van der Waals surface area contributed by atoms with Crippen molar-refractivity contribution in [2.24, 2.45) is 0 Å². The summed E-state index contributed by atoms with van der Waals surface area (Å²) >= 11 is 6.14. The van der Waals surface area contributed by atoms with E-state index in [1.807, 2.05) is 19.1 Å². The van der Waals surface area contributed by atoms with Gasteiger partial charge in [0.25, 0.3) is 0 Å². The fourth-order valence-corrected chi connectivity index (χ4v) is 2.60. The molecule has 1 aliphatic carbocycles. The lowest BCUT2D eigenvalue weighted by Gasteiger charge is -2.06. The van der Waals surface area contributed by atoms with Crippen LogP contribution in [0.5, 0.6) is 0 Å². The first-order valence-electron chi connectivity index (χ1n) is 5.53. The van der Waals surface area contributed by atoms with Gasteiger partial charge < -0.3 is 4.74 Å². The molecule has 0 N–H and O–H groups in total. The molecule has 1 fully saturated rings. The van der Waals surface area contributed by atoms with Crippen LogP contribution in [0.15, 0.2) is 34.9 Å². The van der Waals surface area contributed by atoms with Crippen LogP contribution in [0.1, 0.15) is 18.1 Å². The zero-order valence-electron chi connectivity index (χ0n) is 9.62. The molecule has 1 aromatic rings. The maximum absolute atomic E-state index is 11.6. The van der Waals surface area contributed by atoms with E-state index in [2.05, 4.69) is 4.74 Å². The third-order valence-corrected chi connectivity index (χ3v) is 3.52. The first-order valence-corrected chi connectivity index (χ1v) is 5.91. The molecule has 0 saturated carbocycles. The summed E-state index contributed by atoms with van der Waals surface area (Å²) < 4.78 is 4.64. The van der Waals surface area contributed by atoms with Crippen LogP contribution in [0.4, 0.5) is 0 Å². The van der Waals surface area contributed by atoms with Crippen molar-refractivity contribution in [3.05, 3.63) is 51.1 Å². The first-order chi connectivity index (χ1) is 8.58. The highest BCUT2D eigenvalue weighted by Crippen LogP contribution is 2.35. The molecule has 1 aromatic carbocycles. The van der Waals surface area contributed by atoms with Crippen LogP contribution in [0.25, 0.3) is 6.08 Å². The number of carbonyl (C=O) groups is 2. The third-order valence-electron chi connectivity index (χ3n) is 3.19. The number of fused-ring (bicyclic) bond motifs is 2. The number of ether oxygens (including phenoxy) is 1. The summed E-state index contributed by atoms with van der Waals surface area (Å²) in [4.78, 5) is 23.3. The molecule has 1 saturated heterocycles. The van der Waals surface area contributed by atoms with Gasteiger partial charge >= 0.3 is 11.9 Å². The van der Waals surface area contributed by atoms with E-state index in [0.29, 0.717) is 22.6 Å². The van der Waals surface area contributed by atoms with Crippen LogP contribution < -0.4 is 0 Å². The monoisotopic (exact) mass is 260 g/mol. The Labute approximate surface area is 109 Å². The number of cyclic esters (lactones) is 2. The minimum absolute atomic E-state index is 0.310. The molecule has 0 spiro atoms. The van der Waals surface area contributed by atoms with E-state index < -0.39 is 11.9 Å². The molecule has 3 rings (SSSR count). The van der Waals surface area contributed by atoms with Crippen LogP contribution in [-0.4, -0.2) is 11.9 Å². The number of allylic oxidation sites excluding steroid dienone is 1. The molecule has 0 atom stereocenters. The molecule has 1 heterocycles. The molecule has 0 aromatic heterocycles. The summed E-state index contributed by atoms with van der Waals surface area (Å²) in [5.74, 6) is -1.16. The van der Waals surface area contributed by atoms with Crippen LogP contribution in [0, 0.1) is 0 Å². The van der Waals surface area contributed by atoms with Gasteiger partial charge in [0.05, 0.1) is 11.1 Å². The van der Waals surface area contributed by atoms with Gasteiger partial charge in [-0.05, 0) is 36.6 Å². The van der Waals surface area contributed by atoms with Gasteiger partial charge in [-0.15, -0.1) is 0 Å². The van der Waals surface area contributed by atoms with Crippen molar-refractivity contribution in [3.63, 3.8) is 0 Å². The molecule has 0 bridgehead atoms. The lowest BCUT2D eigenvalue weighted by molar-refractivity contribution is -0.149. The minimum atomic E-state index is -0.595. The molecule has 3 nitrogen and oxygen atoms in total. The molecule has 2 aliphatic rings. The van der Waals surface area contributed by atoms with E-state index in [4.69, 9.17) is 11.6 Å². The zero-order chi connectivity index (χ0) is 12.9. The fraction of sp³-hybridized carbons (Fsp3) is 0.143. The molecule has 0 radical (unpaired) electrons. The normalized spacial score (nSPS) is 18.0. The summed E-state index contributed by atoms with van der Waals surface area (Å²) in [5.41, 5.74) is 3.32. The highest BCUT2D eigenvalue weighted by atomic mass is 35.5. The van der Waals surface area contributed by atoms with Crippen molar-refractivity contribution in [1.29, 1.82) is 0 Å². The van der Waals surface area contributed by atoms with Crippen molar-refractivity contribution in [3.8, 4) is 0 Å². The quantitative estimate of drug-likeness (QED) is 0.532. The maximum atomic E-state index is 11.6. The number of hydrogen-bond donors (Lipinski definition) is 0. The number of hydrogen-bond acceptors (Lipinski definition) is 3. The van der Waals surface area contributed by atoms with Crippen LogP contribution in [-0.2, 0) is 20.7 Å². The highest BCUT2D eigenvalue weighted by Gasteiger charge is 2.36. The second-order valence-corrected chi connectivity index (χ2v) is 4.79. The number of carbonyl (C=O) groups excluding carboxylic acids is 2. The Morgan fingerprint density at radius 1 is 1.22 bits per heavy atom. The van der Waals surface area contributed by atoms with E-state index in [1.165, 1.54) is 0 Å². The maximum Gasteiger partial charge on any atom is 0.346 e. The molecule has 90 valence electrons. The van der Waals surface area contributed by atoms with Gasteiger partial charge in [0, 0.05) is 5.02 Å². The average Bonchev–Trinajstić information content (AvgIpc) is 2.50. The first kappa shape index (κ1) is 11.2. The number of halogens is 1. The number of rotatable bonds is 0. The summed E-state index contributed by atoms with van der Waals surface area (Å²) in [6.45, 7) is 1.83. The van der Waals surface area contributed by atoms with Gasteiger partial charge in [0.2, 0.25) is 0 Å². The number of benzene rings is 1. The second-order valence-electron chi connectivity index (χ2n) is 4.38. The van der Waals surface area contributed by atoms with Crippen LogP contribution in [0.3, 0.4) is 0 Å². The lowest BCUT2D eigenvalue weighted by atomic mass is 10.0. The molecule has 18 heavy (non-hydrogen) atoms. The summed E-state index contributed by atoms with van der Waals surface area (Å²) in [6.07, 6.45) is 2.24. The Hall–Kier alpha value is -1.87. The summed E-state index contributed by atoms with van der Waals surface area (Å²) in [7, 11) is 0. The largest absolute Gasteiger partial charge is 0.386 e. The zero-order valence-corrected chi connectivity index (χ0v) is 10.4. The van der Waals surface area contributed by atoms with Gasteiger partial charge in [-0.2, -0.15) is 0 Å². The smallest absolute Gasteiger partial charge is 0.346 e. The van der Waals surface area contributed by atoms with Crippen molar-refractivity contribution < 1.29 is 14.3 Å². The van der Waals surface area contributed by atoms with E-state index in [-0.39, 0.29) is 0 Å². The standard InChI is InChI=1S/C14H9ClO3/c1-7-5-8-3-2-4-11(15)9(8)6-10-12(7)14(17)18-13(10)16/h2-4,6H,5H2,1H3. The molecular formula is C14H9ClO3. The summed E-state index contributed by atoms with van der Waals surface area (Å²) in [6, 6.07) is 5.57. The Morgan fingerprint density at radius 2 is 2.00 bits per heavy atom. The van der Waals surface area contributed by atoms with Gasteiger partial charge in [0.1, 0.15) is 0 Å². The highest BCUT2D eigenvalue weighted by molar-refractivity contribution is 6.32. The van der Waals surface area contributed by atoms with E-state index in [1.54, 1.807) is 12.1 Å². The van der Waals surface area contributed by atoms with Crippen molar-refractivity contribution >= 4 is 29.6 Å². The topological polar surface area (TPSA) is 43.4 Å². The van der Waals surface area contributed by atoms with Crippen molar-refractivity contribution in [1.82, 2.24) is 0 Å². The Bertz CT molecular complexity index is 653. The molecule has 4 heteroatoms. The van der Waals surface area contributed by atoms with Crippen LogP contribution in [0.2, 0.25) is 5.02 Å². The molecule has 1 aliphatic heterocycles. The molecule has 0 unspecified atom stereocenters. The van der Waals surface area contributed by atoms with Crippen LogP contribution >= 0.6 is 11.6 Å². The second kappa shape index (κ2) is 3.82. The fourth-order valence-electron chi connectivity index (χ4n) is 2.35. The minimum Gasteiger partial charge on any atom is -0.386 e. The summed E-state index contributed by atoms with van der Waals surface area (Å²) in [5, 5.41) is 0.571. The molecule has 0 amide bonds. The van der Waals surface area contributed by atoms with Gasteiger partial charge in [0.15, 0.2) is 0 Å². The van der Waals surface area contributed by atoms with E-state index in [9.17, 15) is 9.59 Å². The van der Waals surface area contributed by atoms with Gasteiger partial charge in [-0.3, -0.25) is 0 Å². The predicted octanol–water partition coefficient (Wildman–Crippen LogP) is 2.68. The van der Waals surface area contributed by atoms with Crippen molar-refractivity contribution in [2.45, 2.75) is 13.3 Å². The Kier molecular flexibility index (Phi) is 2.38. The average molecular weight is 261 g/mol. The van der Waals surface area contributed by atoms with Crippen molar-refractivity contribution in [2.75, 3.05) is 0 Å². The third kappa shape index (κ3) is 1.51. The Balaban J connectivity index is 2.30. The number of esters is 2. The Morgan fingerprint density at radius 3 is 2.78 bits per heavy atom. The lowest BCUT2D eigenvalue weighted by Crippen LogP contribution is -2.00. The van der Waals surface area contributed by atoms with E-state index >= 15 is 0 Å².